The number of nitrogens with one attached hydrogen (secondary N) is 7. The van der Waals surface area contributed by atoms with Crippen LogP contribution in [0.25, 0.3) is 0 Å². The Morgan fingerprint density at radius 2 is 0.857 bits per heavy atom. The summed E-state index contributed by atoms with van der Waals surface area (Å²) in [5.74, 6) is -1.17. The average molecular weight is 804 g/mol. The summed E-state index contributed by atoms with van der Waals surface area (Å²) in [6.45, 7) is 21.2. The summed E-state index contributed by atoms with van der Waals surface area (Å²) >= 11 is 0. The zero-order valence-corrected chi connectivity index (χ0v) is 35.4. The van der Waals surface area contributed by atoms with E-state index in [9.17, 15) is 38.7 Å². The standard InChI is InChI=1S/C37H69N7O12/c1-34(2,3)53-30(49)38-19-13-16-24(42-28(46)26(44-29(47)48)18-15-21-40-32(51)55-36(7,8)9)22-27(45)41-23-25(43-33(52)56-37(10,11)12)17-14-20-39-31(50)54-35(4,5)6/h24-26,44H,13-23H2,1-12H3,(H,38,49)(H,39,50)(H,40,51)(H,41,45)(H,42,46)(H,43,52)(H,47,48)/t24-,25-,26-/m0/s1. The average Bonchev–Trinajstić information content (AvgIpc) is 2.97. The lowest BCUT2D eigenvalue weighted by atomic mass is 10.0. The van der Waals surface area contributed by atoms with E-state index in [0.717, 1.165) is 0 Å². The first-order valence-corrected chi connectivity index (χ1v) is 19.0. The minimum atomic E-state index is -1.44. The second kappa shape index (κ2) is 24.0. The summed E-state index contributed by atoms with van der Waals surface area (Å²) in [5.41, 5.74) is -2.87. The lowest BCUT2D eigenvalue weighted by Crippen LogP contribution is -2.51. The number of hydrogen-bond donors (Lipinski definition) is 8. The van der Waals surface area contributed by atoms with Crippen LogP contribution < -0.4 is 37.2 Å². The van der Waals surface area contributed by atoms with Crippen molar-refractivity contribution in [3.05, 3.63) is 0 Å². The molecule has 0 rings (SSSR count). The predicted octanol–water partition coefficient (Wildman–Crippen LogP) is 4.42. The molecule has 0 unspecified atom stereocenters. The first-order valence-electron chi connectivity index (χ1n) is 19.0. The van der Waals surface area contributed by atoms with Crippen LogP contribution in [0, 0.1) is 0 Å². The number of carbonyl (C=O) groups excluding carboxylic acids is 6. The molecule has 0 fully saturated rings. The number of alkyl carbamates (subject to hydrolysis) is 4. The molecule has 8 N–H and O–H groups in total. The molecular weight excluding hydrogens is 734 g/mol. The SMILES string of the molecule is CC(C)(C)OC(=O)NCCC[C@@H](CNC(=O)C[C@H](CCCNC(=O)OC(C)(C)C)NC(=O)[C@H](CCCNC(=O)OC(C)(C)C)NC(=O)O)NC(=O)OC(C)(C)C. The maximum atomic E-state index is 13.4. The van der Waals surface area contributed by atoms with Gasteiger partial charge in [-0.25, -0.2) is 24.0 Å². The van der Waals surface area contributed by atoms with Gasteiger partial charge >= 0.3 is 30.5 Å². The molecule has 0 spiro atoms. The Kier molecular flexibility index (Phi) is 22.0. The second-order valence-electron chi connectivity index (χ2n) is 17.3. The summed E-state index contributed by atoms with van der Waals surface area (Å²) in [7, 11) is 0. The molecule has 3 atom stereocenters. The number of ether oxygens (including phenoxy) is 4. The maximum absolute atomic E-state index is 13.4. The van der Waals surface area contributed by atoms with Gasteiger partial charge in [0.15, 0.2) is 0 Å². The highest BCUT2D eigenvalue weighted by Gasteiger charge is 2.26. The molecule has 7 amide bonds. The van der Waals surface area contributed by atoms with Gasteiger partial charge in [0.1, 0.15) is 28.4 Å². The lowest BCUT2D eigenvalue weighted by Gasteiger charge is -2.25. The van der Waals surface area contributed by atoms with Crippen molar-refractivity contribution in [2.45, 2.75) is 169 Å². The fourth-order valence-corrected chi connectivity index (χ4v) is 4.69. The van der Waals surface area contributed by atoms with Crippen LogP contribution >= 0.6 is 0 Å². The van der Waals surface area contributed by atoms with Crippen LogP contribution in [-0.2, 0) is 28.5 Å². The van der Waals surface area contributed by atoms with E-state index in [2.05, 4.69) is 37.2 Å². The number of hydrogen-bond acceptors (Lipinski definition) is 11. The molecule has 0 aliphatic carbocycles. The minimum absolute atomic E-state index is 0.0147. The van der Waals surface area contributed by atoms with Gasteiger partial charge in [-0.2, -0.15) is 0 Å². The maximum Gasteiger partial charge on any atom is 0.407 e. The largest absolute Gasteiger partial charge is 0.465 e. The van der Waals surface area contributed by atoms with Gasteiger partial charge in [0.25, 0.3) is 0 Å². The Balaban J connectivity index is 5.71. The van der Waals surface area contributed by atoms with E-state index in [-0.39, 0.29) is 51.9 Å². The van der Waals surface area contributed by atoms with Gasteiger partial charge in [0.2, 0.25) is 11.8 Å². The molecule has 0 radical (unpaired) electrons. The van der Waals surface area contributed by atoms with E-state index < -0.39 is 82.8 Å². The first kappa shape index (κ1) is 51.3. The van der Waals surface area contributed by atoms with Gasteiger partial charge in [-0.15, -0.1) is 0 Å². The molecule has 0 heterocycles. The van der Waals surface area contributed by atoms with E-state index in [1.807, 2.05) is 0 Å². The molecule has 0 saturated carbocycles. The van der Waals surface area contributed by atoms with Crippen LogP contribution in [0.1, 0.15) is 128 Å². The summed E-state index contributed by atoms with van der Waals surface area (Å²) in [4.78, 5) is 87.0. The Bertz CT molecular complexity index is 1280. The van der Waals surface area contributed by atoms with E-state index in [0.29, 0.717) is 19.3 Å². The molecule has 0 aromatic carbocycles. The van der Waals surface area contributed by atoms with Gasteiger partial charge in [-0.1, -0.05) is 0 Å². The van der Waals surface area contributed by atoms with Crippen LogP contribution in [0.15, 0.2) is 0 Å². The van der Waals surface area contributed by atoms with Gasteiger partial charge in [-0.3, -0.25) is 9.59 Å². The third-order valence-electron chi connectivity index (χ3n) is 6.79. The zero-order chi connectivity index (χ0) is 43.3. The van der Waals surface area contributed by atoms with Crippen LogP contribution in [0.5, 0.6) is 0 Å². The van der Waals surface area contributed by atoms with Crippen molar-refractivity contribution in [3.63, 3.8) is 0 Å². The van der Waals surface area contributed by atoms with Crippen molar-refractivity contribution >= 4 is 42.3 Å². The predicted molar refractivity (Wildman–Crippen MR) is 208 cm³/mol. The topological polar surface area (TPSA) is 261 Å². The van der Waals surface area contributed by atoms with E-state index in [1.165, 1.54) is 0 Å². The van der Waals surface area contributed by atoms with E-state index in [4.69, 9.17) is 18.9 Å². The molecule has 0 saturated heterocycles. The highest BCUT2D eigenvalue weighted by atomic mass is 16.6. The molecule has 0 bridgehead atoms. The summed E-state index contributed by atoms with van der Waals surface area (Å²) in [5, 5.41) is 27.7. The van der Waals surface area contributed by atoms with Crippen molar-refractivity contribution in [2.75, 3.05) is 26.2 Å². The molecule has 0 aliphatic rings. The summed E-state index contributed by atoms with van der Waals surface area (Å²) < 4.78 is 21.1. The van der Waals surface area contributed by atoms with Crippen molar-refractivity contribution in [1.29, 1.82) is 0 Å². The van der Waals surface area contributed by atoms with Gasteiger partial charge in [-0.05, 0) is 122 Å². The molecule has 19 heteroatoms. The molecule has 0 aromatic rings. The third kappa shape index (κ3) is 30.6. The van der Waals surface area contributed by atoms with Crippen LogP contribution in [0.3, 0.4) is 0 Å². The highest BCUT2D eigenvalue weighted by molar-refractivity contribution is 5.86. The summed E-state index contributed by atoms with van der Waals surface area (Å²) in [6, 6.07) is -2.61. The third-order valence-corrected chi connectivity index (χ3v) is 6.79. The first-order chi connectivity index (χ1) is 25.5. The highest BCUT2D eigenvalue weighted by Crippen LogP contribution is 2.11. The van der Waals surface area contributed by atoms with Crippen molar-refractivity contribution in [1.82, 2.24) is 37.2 Å². The Morgan fingerprint density at radius 1 is 0.482 bits per heavy atom. The van der Waals surface area contributed by atoms with Crippen molar-refractivity contribution in [3.8, 4) is 0 Å². The van der Waals surface area contributed by atoms with Crippen molar-refractivity contribution < 1.29 is 57.6 Å². The molecule has 0 aromatic heterocycles. The Hall–Kier alpha value is -4.71. The number of rotatable bonds is 20. The van der Waals surface area contributed by atoms with E-state index >= 15 is 0 Å². The molecule has 56 heavy (non-hydrogen) atoms. The molecule has 324 valence electrons. The lowest BCUT2D eigenvalue weighted by molar-refractivity contribution is -0.125. The fraction of sp³-hybridized carbons (Fsp3) is 0.811. The molecular formula is C37H69N7O12. The van der Waals surface area contributed by atoms with Crippen LogP contribution in [0.4, 0.5) is 24.0 Å². The normalized spacial score (nSPS) is 13.4. The fourth-order valence-electron chi connectivity index (χ4n) is 4.69. The second-order valence-corrected chi connectivity index (χ2v) is 17.3. The number of carboxylic acid groups (broad SMARTS) is 1. The smallest absolute Gasteiger partial charge is 0.407 e. The van der Waals surface area contributed by atoms with Crippen molar-refractivity contribution in [2.24, 2.45) is 0 Å². The quantitative estimate of drug-likeness (QED) is 0.0629. The van der Waals surface area contributed by atoms with Gasteiger partial charge < -0.3 is 61.3 Å². The molecule has 19 nitrogen and oxygen atoms in total. The monoisotopic (exact) mass is 804 g/mol. The van der Waals surface area contributed by atoms with Gasteiger partial charge in [0, 0.05) is 44.7 Å². The van der Waals surface area contributed by atoms with E-state index in [1.54, 1.807) is 83.1 Å². The Labute approximate surface area is 331 Å². The van der Waals surface area contributed by atoms with Gasteiger partial charge in [0.05, 0.1) is 0 Å². The number of amides is 7. The van der Waals surface area contributed by atoms with Crippen LogP contribution in [0.2, 0.25) is 0 Å². The molecule has 0 aliphatic heterocycles. The minimum Gasteiger partial charge on any atom is -0.465 e. The Morgan fingerprint density at radius 3 is 1.25 bits per heavy atom. The summed E-state index contributed by atoms with van der Waals surface area (Å²) in [6.07, 6.45) is -2.69. The van der Waals surface area contributed by atoms with Crippen LogP contribution in [-0.4, -0.2) is 114 Å². The number of carbonyl (C=O) groups is 7. The zero-order valence-electron chi connectivity index (χ0n) is 35.4.